The number of rotatable bonds is 0. The summed E-state index contributed by atoms with van der Waals surface area (Å²) in [5.41, 5.74) is -5.65. The van der Waals surface area contributed by atoms with Gasteiger partial charge in [0.15, 0.2) is 10.1 Å². The van der Waals surface area contributed by atoms with Crippen LogP contribution in [-0.4, -0.2) is 44.9 Å². The molecule has 0 unspecified atom stereocenters. The van der Waals surface area contributed by atoms with Gasteiger partial charge in [-0.1, -0.05) is 0 Å². The van der Waals surface area contributed by atoms with Crippen LogP contribution in [0, 0.1) is 0 Å². The molecule has 2 aliphatic heterocycles. The van der Waals surface area contributed by atoms with Crippen LogP contribution < -0.4 is 0 Å². The largest absolute Gasteiger partial charge is 1.00 e. The van der Waals surface area contributed by atoms with E-state index in [-0.39, 0.29) is 22.4 Å². The average molecular weight is 433 g/mol. The van der Waals surface area contributed by atoms with E-state index in [9.17, 15) is 13.2 Å². The maximum absolute atomic E-state index is 10.7. The molecule has 0 aromatic rings. The minimum absolute atomic E-state index is 0. The SMILES string of the molecule is C1CCOOC1.C1CCOOC1.O=S(=O)([O-])C(F)(F)F.[Ag+]. The zero-order valence-electron chi connectivity index (χ0n) is 10.9. The predicted octanol–water partition coefficient (Wildman–Crippen LogP) is 1.51. The quantitative estimate of drug-likeness (QED) is 0.248. The number of alkyl halides is 3. The van der Waals surface area contributed by atoms with E-state index in [4.69, 9.17) is 13.0 Å². The Morgan fingerprint density at radius 1 is 0.762 bits per heavy atom. The van der Waals surface area contributed by atoms with E-state index in [1.165, 1.54) is 0 Å². The zero-order chi connectivity index (χ0) is 15.5. The summed E-state index contributed by atoms with van der Waals surface area (Å²) in [7, 11) is -6.09. The summed E-state index contributed by atoms with van der Waals surface area (Å²) < 4.78 is 58.9. The maximum Gasteiger partial charge on any atom is 1.00 e. The van der Waals surface area contributed by atoms with Gasteiger partial charge in [0.1, 0.15) is 0 Å². The molecule has 0 bridgehead atoms. The van der Waals surface area contributed by atoms with E-state index in [0.717, 1.165) is 52.1 Å². The molecule has 0 spiro atoms. The fourth-order valence-electron chi connectivity index (χ4n) is 0.880. The normalized spacial score (nSPS) is 19.0. The van der Waals surface area contributed by atoms with Crippen LogP contribution in [0.1, 0.15) is 25.7 Å². The van der Waals surface area contributed by atoms with Crippen molar-refractivity contribution in [1.82, 2.24) is 0 Å². The van der Waals surface area contributed by atoms with Gasteiger partial charge in [-0.3, -0.25) is 0 Å². The molecule has 7 nitrogen and oxygen atoms in total. The van der Waals surface area contributed by atoms with Crippen molar-refractivity contribution in [2.75, 3.05) is 26.4 Å². The first-order valence-electron chi connectivity index (χ1n) is 5.76. The fourth-order valence-corrected chi connectivity index (χ4v) is 0.880. The molecule has 2 rings (SSSR count). The van der Waals surface area contributed by atoms with Crippen LogP contribution in [0.4, 0.5) is 13.2 Å². The third-order valence-electron chi connectivity index (χ3n) is 1.86. The number of halogens is 3. The Hall–Kier alpha value is 0.280. The van der Waals surface area contributed by atoms with Crippen molar-refractivity contribution in [3.05, 3.63) is 0 Å². The minimum Gasteiger partial charge on any atom is -0.741 e. The van der Waals surface area contributed by atoms with Crippen molar-refractivity contribution in [2.24, 2.45) is 0 Å². The molecule has 12 heteroatoms. The maximum atomic E-state index is 10.7. The van der Waals surface area contributed by atoms with Crippen LogP contribution in [0.3, 0.4) is 0 Å². The first-order chi connectivity index (χ1) is 9.25. The van der Waals surface area contributed by atoms with Gasteiger partial charge in [0.25, 0.3) is 0 Å². The van der Waals surface area contributed by atoms with Gasteiger partial charge in [-0.25, -0.2) is 28.0 Å². The van der Waals surface area contributed by atoms with Gasteiger partial charge in [-0.2, -0.15) is 13.2 Å². The molecule has 0 aromatic heterocycles. The van der Waals surface area contributed by atoms with Crippen LogP contribution in [0.25, 0.3) is 0 Å². The Morgan fingerprint density at radius 2 is 0.952 bits per heavy atom. The molecular weight excluding hydrogens is 417 g/mol. The van der Waals surface area contributed by atoms with E-state index >= 15 is 0 Å². The molecule has 0 amide bonds. The second-order valence-electron chi connectivity index (χ2n) is 3.60. The zero-order valence-corrected chi connectivity index (χ0v) is 13.2. The van der Waals surface area contributed by atoms with Gasteiger partial charge >= 0.3 is 27.9 Å². The number of hydrogen-bond acceptors (Lipinski definition) is 7. The van der Waals surface area contributed by atoms with Crippen molar-refractivity contribution in [3.63, 3.8) is 0 Å². The first kappa shape index (κ1) is 23.5. The van der Waals surface area contributed by atoms with Crippen LogP contribution in [-0.2, 0) is 52.0 Å². The predicted molar refractivity (Wildman–Crippen MR) is 58.0 cm³/mol. The Labute approximate surface area is 136 Å². The van der Waals surface area contributed by atoms with E-state index in [1.807, 2.05) is 0 Å². The van der Waals surface area contributed by atoms with Gasteiger partial charge < -0.3 is 4.55 Å². The van der Waals surface area contributed by atoms with E-state index < -0.39 is 15.6 Å². The molecule has 0 atom stereocenters. The van der Waals surface area contributed by atoms with Gasteiger partial charge in [0.05, 0.1) is 26.4 Å². The molecule has 21 heavy (non-hydrogen) atoms. The summed E-state index contributed by atoms with van der Waals surface area (Å²) in [6.45, 7) is 3.11. The van der Waals surface area contributed by atoms with Gasteiger partial charge in [-0.05, 0) is 25.7 Å². The topological polar surface area (TPSA) is 94.1 Å². The smallest absolute Gasteiger partial charge is 0.741 e. The molecule has 2 saturated heterocycles. The van der Waals surface area contributed by atoms with Crippen molar-refractivity contribution in [1.29, 1.82) is 0 Å². The Morgan fingerprint density at radius 3 is 1.00 bits per heavy atom. The third kappa shape index (κ3) is 15.0. The molecule has 2 aliphatic rings. The monoisotopic (exact) mass is 432 g/mol. The van der Waals surface area contributed by atoms with E-state index in [0.29, 0.717) is 0 Å². The molecule has 0 aromatic carbocycles. The van der Waals surface area contributed by atoms with E-state index in [2.05, 4.69) is 19.6 Å². The molecule has 0 saturated carbocycles. The second kappa shape index (κ2) is 12.8. The van der Waals surface area contributed by atoms with Gasteiger partial charge in [0.2, 0.25) is 0 Å². The van der Waals surface area contributed by atoms with Crippen molar-refractivity contribution in [2.45, 2.75) is 31.2 Å². The van der Waals surface area contributed by atoms with Crippen LogP contribution in [0.2, 0.25) is 0 Å². The standard InChI is InChI=1S/2C4H8O2.CHF3O3S.Ag/c2*1-2-4-6-5-3-1;2-1(3,4)8(5,6)7;/h2*1-4H2;(H,5,6,7);/q;;;+1/p-1. The van der Waals surface area contributed by atoms with Crippen LogP contribution >= 0.6 is 0 Å². The average Bonchev–Trinajstić information content (AvgIpc) is 2.42. The van der Waals surface area contributed by atoms with E-state index in [1.54, 1.807) is 0 Å². The Balaban J connectivity index is 0. The Kier molecular flexibility index (Phi) is 14.3. The Bertz CT molecular complexity index is 294. The molecule has 2 fully saturated rings. The number of hydrogen-bond donors (Lipinski definition) is 0. The summed E-state index contributed by atoms with van der Waals surface area (Å²) in [6, 6.07) is 0. The van der Waals surface area contributed by atoms with Crippen LogP contribution in [0.15, 0.2) is 0 Å². The molecule has 0 aliphatic carbocycles. The molecule has 0 N–H and O–H groups in total. The molecule has 2 heterocycles. The van der Waals surface area contributed by atoms with Crippen LogP contribution in [0.5, 0.6) is 0 Å². The van der Waals surface area contributed by atoms with Crippen molar-refractivity contribution >= 4 is 10.1 Å². The summed E-state index contributed by atoms with van der Waals surface area (Å²) in [5.74, 6) is 0. The van der Waals surface area contributed by atoms with Crippen molar-refractivity contribution < 1.29 is 68.1 Å². The third-order valence-corrected chi connectivity index (χ3v) is 2.43. The van der Waals surface area contributed by atoms with Gasteiger partial charge in [0, 0.05) is 0 Å². The summed E-state index contributed by atoms with van der Waals surface area (Å²) in [4.78, 5) is 18.3. The second-order valence-corrected chi connectivity index (χ2v) is 4.97. The minimum atomic E-state index is -6.09. The molecular formula is C9H16AgF3O7S. The summed E-state index contributed by atoms with van der Waals surface area (Å²) in [6.07, 6.45) is 4.61. The molecule has 132 valence electrons. The fraction of sp³-hybridized carbons (Fsp3) is 1.00. The molecule has 0 radical (unpaired) electrons. The van der Waals surface area contributed by atoms with Gasteiger partial charge in [-0.15, -0.1) is 0 Å². The first-order valence-corrected chi connectivity index (χ1v) is 7.17. The summed E-state index contributed by atoms with van der Waals surface area (Å²) in [5, 5.41) is 0. The van der Waals surface area contributed by atoms with Crippen molar-refractivity contribution in [3.8, 4) is 0 Å². The summed E-state index contributed by atoms with van der Waals surface area (Å²) >= 11 is 0.